The number of hydrogen-bond acceptors (Lipinski definition) is 4. The van der Waals surface area contributed by atoms with Crippen LogP contribution >= 0.6 is 0 Å². The summed E-state index contributed by atoms with van der Waals surface area (Å²) in [6.07, 6.45) is 4.77. The van der Waals surface area contributed by atoms with Gasteiger partial charge in [-0.15, -0.1) is 0 Å². The third-order valence-corrected chi connectivity index (χ3v) is 5.24. The Morgan fingerprint density at radius 1 is 1.26 bits per heavy atom. The zero-order valence-corrected chi connectivity index (χ0v) is 14.1. The molecular weight excluding hydrogens is 294 g/mol. The highest BCUT2D eigenvalue weighted by molar-refractivity contribution is 5.97. The van der Waals surface area contributed by atoms with E-state index in [4.69, 9.17) is 4.52 Å². The summed E-state index contributed by atoms with van der Waals surface area (Å²) in [5.41, 5.74) is 1.30. The van der Waals surface area contributed by atoms with Crippen molar-refractivity contribution in [3.63, 3.8) is 0 Å². The van der Waals surface area contributed by atoms with E-state index in [-0.39, 0.29) is 17.7 Å². The molecule has 1 saturated carbocycles. The molecule has 0 aromatic carbocycles. The molecule has 2 aliphatic rings. The van der Waals surface area contributed by atoms with Crippen LogP contribution in [0.4, 0.5) is 5.69 Å². The second-order valence-corrected chi connectivity index (χ2v) is 7.05. The lowest BCUT2D eigenvalue weighted by Crippen LogP contribution is -2.39. The molecule has 126 valence electrons. The van der Waals surface area contributed by atoms with E-state index in [1.165, 1.54) is 12.8 Å². The first-order chi connectivity index (χ1) is 11.0. The minimum atomic E-state index is -0.282. The summed E-state index contributed by atoms with van der Waals surface area (Å²) in [4.78, 5) is 26.7. The average molecular weight is 319 g/mol. The lowest BCUT2D eigenvalue weighted by molar-refractivity contribution is -0.130. The number of hydrogen-bond donors (Lipinski definition) is 1. The van der Waals surface area contributed by atoms with Gasteiger partial charge in [-0.1, -0.05) is 12.1 Å². The van der Waals surface area contributed by atoms with Crippen LogP contribution in [0.2, 0.25) is 0 Å². The first-order valence-electron chi connectivity index (χ1n) is 8.49. The molecule has 1 aromatic heterocycles. The van der Waals surface area contributed by atoms with Crippen LogP contribution < -0.4 is 5.32 Å². The molecule has 6 heteroatoms. The van der Waals surface area contributed by atoms with Crippen molar-refractivity contribution in [1.29, 1.82) is 0 Å². The molecule has 0 radical (unpaired) electrons. The maximum absolute atomic E-state index is 12.5. The molecule has 3 rings (SSSR count). The highest BCUT2D eigenvalue weighted by Gasteiger charge is 2.39. The normalized spacial score (nSPS) is 28.2. The Morgan fingerprint density at radius 2 is 1.96 bits per heavy atom. The molecule has 1 aliphatic heterocycles. The van der Waals surface area contributed by atoms with Crippen LogP contribution in [0.5, 0.6) is 0 Å². The number of carbonyl (C=O) groups excluding carboxylic acids is 2. The lowest BCUT2D eigenvalue weighted by Gasteiger charge is -2.33. The Labute approximate surface area is 136 Å². The number of amides is 2. The summed E-state index contributed by atoms with van der Waals surface area (Å²) >= 11 is 0. The van der Waals surface area contributed by atoms with Gasteiger partial charge in [-0.25, -0.2) is 0 Å². The lowest BCUT2D eigenvalue weighted by atomic mass is 9.87. The molecule has 0 spiro atoms. The molecule has 2 fully saturated rings. The Kier molecular flexibility index (Phi) is 4.41. The predicted octanol–water partition coefficient (Wildman–Crippen LogP) is 2.66. The molecule has 1 N–H and O–H groups in total. The van der Waals surface area contributed by atoms with E-state index in [1.54, 1.807) is 13.8 Å². The molecule has 0 unspecified atom stereocenters. The minimum absolute atomic E-state index is 0.112. The van der Waals surface area contributed by atoms with Crippen molar-refractivity contribution in [2.45, 2.75) is 58.9 Å². The second-order valence-electron chi connectivity index (χ2n) is 7.05. The molecule has 6 nitrogen and oxygen atoms in total. The highest BCUT2D eigenvalue weighted by Crippen LogP contribution is 2.32. The molecule has 1 saturated heterocycles. The first kappa shape index (κ1) is 16.0. The number of nitrogens with zero attached hydrogens (tertiary/aromatic N) is 2. The summed E-state index contributed by atoms with van der Waals surface area (Å²) in [7, 11) is 0. The second kappa shape index (κ2) is 6.34. The average Bonchev–Trinajstić information content (AvgIpc) is 3.05. The molecule has 1 aliphatic carbocycles. The number of likely N-dealkylation sites (tertiary alicyclic amines) is 1. The zero-order valence-electron chi connectivity index (χ0n) is 14.1. The van der Waals surface area contributed by atoms with Crippen LogP contribution in [0.1, 0.15) is 50.5 Å². The smallest absolute Gasteiger partial charge is 0.229 e. The van der Waals surface area contributed by atoms with Crippen LogP contribution in [0.3, 0.4) is 0 Å². The van der Waals surface area contributed by atoms with Crippen LogP contribution in [0, 0.1) is 25.7 Å². The number of carbonyl (C=O) groups is 2. The van der Waals surface area contributed by atoms with Gasteiger partial charge in [0.05, 0.1) is 5.92 Å². The standard InChI is InChI=1S/C17H25N3O3/c1-10-4-6-14(7-5-10)20-9-13(8-15(20)21)17(22)18-16-11(2)19-23-12(16)3/h10,13-14H,4-9H2,1-3H3,(H,18,22)/t10?,13-,14?/m0/s1. The Morgan fingerprint density at radius 3 is 2.57 bits per heavy atom. The molecule has 1 aromatic rings. The molecule has 1 atom stereocenters. The highest BCUT2D eigenvalue weighted by atomic mass is 16.5. The van der Waals surface area contributed by atoms with E-state index < -0.39 is 0 Å². The summed E-state index contributed by atoms with van der Waals surface area (Å²) in [6, 6.07) is 0.315. The van der Waals surface area contributed by atoms with Gasteiger partial charge >= 0.3 is 0 Å². The van der Waals surface area contributed by atoms with E-state index in [9.17, 15) is 9.59 Å². The molecular formula is C17H25N3O3. The topological polar surface area (TPSA) is 75.4 Å². The largest absolute Gasteiger partial charge is 0.359 e. The van der Waals surface area contributed by atoms with Crippen LogP contribution in [0.25, 0.3) is 0 Å². The number of rotatable bonds is 3. The van der Waals surface area contributed by atoms with Gasteiger partial charge in [0.15, 0.2) is 5.76 Å². The van der Waals surface area contributed by atoms with Crippen molar-refractivity contribution in [2.75, 3.05) is 11.9 Å². The first-order valence-corrected chi connectivity index (χ1v) is 8.49. The number of aromatic nitrogens is 1. The Hall–Kier alpha value is -1.85. The summed E-state index contributed by atoms with van der Waals surface area (Å²) in [5.74, 6) is 1.07. The van der Waals surface area contributed by atoms with Gasteiger partial charge in [-0.05, 0) is 45.4 Å². The van der Waals surface area contributed by atoms with Gasteiger partial charge in [0.25, 0.3) is 0 Å². The van der Waals surface area contributed by atoms with Crippen LogP contribution in [0.15, 0.2) is 4.52 Å². The van der Waals surface area contributed by atoms with Crippen LogP contribution in [-0.4, -0.2) is 34.5 Å². The van der Waals surface area contributed by atoms with E-state index in [1.807, 2.05) is 4.90 Å². The van der Waals surface area contributed by atoms with Gasteiger partial charge in [-0.2, -0.15) is 0 Å². The Bertz CT molecular complexity index is 583. The monoisotopic (exact) mass is 319 g/mol. The minimum Gasteiger partial charge on any atom is -0.359 e. The van der Waals surface area contributed by atoms with Gasteiger partial charge in [0.2, 0.25) is 11.8 Å². The van der Waals surface area contributed by atoms with E-state index >= 15 is 0 Å². The van der Waals surface area contributed by atoms with Crippen LogP contribution in [-0.2, 0) is 9.59 Å². The van der Waals surface area contributed by atoms with Crippen molar-refractivity contribution >= 4 is 17.5 Å². The van der Waals surface area contributed by atoms with Gasteiger partial charge < -0.3 is 14.7 Å². The number of aryl methyl sites for hydroxylation is 2. The van der Waals surface area contributed by atoms with Crippen molar-refractivity contribution in [1.82, 2.24) is 10.1 Å². The fourth-order valence-corrected chi connectivity index (χ4v) is 3.70. The van der Waals surface area contributed by atoms with Crippen molar-refractivity contribution in [2.24, 2.45) is 11.8 Å². The molecule has 2 heterocycles. The van der Waals surface area contributed by atoms with Crippen molar-refractivity contribution in [3.8, 4) is 0 Å². The zero-order chi connectivity index (χ0) is 16.6. The third-order valence-electron chi connectivity index (χ3n) is 5.24. The molecule has 2 amide bonds. The summed E-state index contributed by atoms with van der Waals surface area (Å²) in [6.45, 7) is 6.36. The van der Waals surface area contributed by atoms with E-state index in [0.717, 1.165) is 18.8 Å². The van der Waals surface area contributed by atoms with Gasteiger partial charge in [0.1, 0.15) is 11.4 Å². The fourth-order valence-electron chi connectivity index (χ4n) is 3.70. The third kappa shape index (κ3) is 3.26. The number of nitrogens with one attached hydrogen (secondary N) is 1. The van der Waals surface area contributed by atoms with Crippen molar-refractivity contribution < 1.29 is 14.1 Å². The van der Waals surface area contributed by atoms with E-state index in [0.29, 0.717) is 36.1 Å². The van der Waals surface area contributed by atoms with Gasteiger partial charge in [-0.3, -0.25) is 9.59 Å². The predicted molar refractivity (Wildman–Crippen MR) is 85.8 cm³/mol. The number of anilines is 1. The summed E-state index contributed by atoms with van der Waals surface area (Å²) < 4.78 is 5.06. The Balaban J connectivity index is 1.62. The summed E-state index contributed by atoms with van der Waals surface area (Å²) in [5, 5.41) is 6.72. The maximum atomic E-state index is 12.5. The maximum Gasteiger partial charge on any atom is 0.229 e. The molecule has 0 bridgehead atoms. The van der Waals surface area contributed by atoms with Gasteiger partial charge in [0, 0.05) is 19.0 Å². The SMILES string of the molecule is Cc1noc(C)c1NC(=O)[C@H]1CC(=O)N(C2CCC(C)CC2)C1. The van der Waals surface area contributed by atoms with Crippen molar-refractivity contribution in [3.05, 3.63) is 11.5 Å². The fraction of sp³-hybridized carbons (Fsp3) is 0.706. The van der Waals surface area contributed by atoms with E-state index in [2.05, 4.69) is 17.4 Å². The quantitative estimate of drug-likeness (QED) is 0.929. The molecule has 23 heavy (non-hydrogen) atoms.